The molecule has 0 spiro atoms. The maximum atomic E-state index is 12.0. The summed E-state index contributed by atoms with van der Waals surface area (Å²) < 4.78 is 25.1. The van der Waals surface area contributed by atoms with Gasteiger partial charge in [-0.25, -0.2) is 12.7 Å². The number of sulfonamides is 1. The third kappa shape index (κ3) is 2.60. The fourth-order valence-corrected chi connectivity index (χ4v) is 4.04. The van der Waals surface area contributed by atoms with Gasteiger partial charge in [-0.3, -0.25) is 4.79 Å². The van der Waals surface area contributed by atoms with E-state index in [1.807, 2.05) is 6.92 Å². The summed E-state index contributed by atoms with van der Waals surface area (Å²) in [6.45, 7) is 3.15. The van der Waals surface area contributed by atoms with Crippen molar-refractivity contribution in [2.24, 2.45) is 5.73 Å². The highest BCUT2D eigenvalue weighted by Crippen LogP contribution is 2.24. The number of carbonyl (C=O) groups is 1. The van der Waals surface area contributed by atoms with Crippen molar-refractivity contribution in [1.82, 2.24) is 4.31 Å². The Hall–Kier alpha value is -0.920. The molecule has 1 heterocycles. The van der Waals surface area contributed by atoms with Crippen LogP contribution in [0, 0.1) is 6.92 Å². The van der Waals surface area contributed by atoms with Crippen molar-refractivity contribution < 1.29 is 13.2 Å². The van der Waals surface area contributed by atoms with Gasteiger partial charge >= 0.3 is 0 Å². The van der Waals surface area contributed by atoms with E-state index in [0.29, 0.717) is 0 Å². The predicted molar refractivity (Wildman–Crippen MR) is 62.7 cm³/mol. The van der Waals surface area contributed by atoms with Crippen molar-refractivity contribution >= 4 is 27.3 Å². The molecule has 2 N–H and O–H groups in total. The fraction of sp³-hybridized carbons (Fsp3) is 0.444. The molecule has 0 saturated carbocycles. The molecule has 90 valence electrons. The van der Waals surface area contributed by atoms with Gasteiger partial charge in [-0.1, -0.05) is 0 Å². The van der Waals surface area contributed by atoms with Crippen LogP contribution in [0.5, 0.6) is 0 Å². The molecule has 0 aliphatic carbocycles. The van der Waals surface area contributed by atoms with E-state index < -0.39 is 15.9 Å². The van der Waals surface area contributed by atoms with Gasteiger partial charge in [0, 0.05) is 24.9 Å². The molecule has 0 saturated heterocycles. The van der Waals surface area contributed by atoms with Gasteiger partial charge in [-0.15, -0.1) is 11.3 Å². The van der Waals surface area contributed by atoms with E-state index in [0.717, 1.165) is 20.5 Å². The van der Waals surface area contributed by atoms with E-state index in [4.69, 9.17) is 5.73 Å². The monoisotopic (exact) mass is 262 g/mol. The first-order valence-electron chi connectivity index (χ1n) is 4.69. The van der Waals surface area contributed by atoms with Crippen LogP contribution in [0.2, 0.25) is 0 Å². The summed E-state index contributed by atoms with van der Waals surface area (Å²) >= 11 is 1.14. The molecule has 5 nitrogen and oxygen atoms in total. The maximum absolute atomic E-state index is 12.0. The Morgan fingerprint density at radius 2 is 2.12 bits per heavy atom. The van der Waals surface area contributed by atoms with Crippen LogP contribution in [0.25, 0.3) is 0 Å². The highest BCUT2D eigenvalue weighted by atomic mass is 32.2. The molecule has 1 aromatic rings. The van der Waals surface area contributed by atoms with Crippen LogP contribution in [0.4, 0.5) is 0 Å². The van der Waals surface area contributed by atoms with Crippen LogP contribution in [0.1, 0.15) is 11.8 Å². The number of nitrogens with two attached hydrogens (primary N) is 1. The molecule has 1 aromatic heterocycles. The highest BCUT2D eigenvalue weighted by Gasteiger charge is 2.27. The molecule has 0 aliphatic heterocycles. The Bertz CT molecular complexity index is 479. The van der Waals surface area contributed by atoms with Crippen molar-refractivity contribution in [2.75, 3.05) is 13.1 Å². The molecular weight excluding hydrogens is 248 g/mol. The van der Waals surface area contributed by atoms with Gasteiger partial charge in [-0.2, -0.15) is 0 Å². The molecule has 0 bridgehead atoms. The first-order chi connectivity index (χ1) is 7.39. The fourth-order valence-electron chi connectivity index (χ4n) is 1.22. The molecule has 0 aromatic carbocycles. The second kappa shape index (κ2) is 4.94. The van der Waals surface area contributed by atoms with Crippen molar-refractivity contribution in [3.05, 3.63) is 17.0 Å². The maximum Gasteiger partial charge on any atom is 0.276 e. The summed E-state index contributed by atoms with van der Waals surface area (Å²) in [5.74, 6) is -0.517. The molecule has 0 aliphatic rings. The summed E-state index contributed by atoms with van der Waals surface area (Å²) in [6, 6.07) is 3.21. The quantitative estimate of drug-likeness (QED) is 0.859. The smallest absolute Gasteiger partial charge is 0.276 e. The molecule has 0 radical (unpaired) electrons. The Morgan fingerprint density at radius 1 is 1.50 bits per heavy atom. The highest BCUT2D eigenvalue weighted by molar-refractivity contribution is 7.91. The lowest BCUT2D eigenvalue weighted by atomic mass is 10.5. The Balaban J connectivity index is 3.13. The minimum atomic E-state index is -3.72. The number of carbonyl (C=O) groups excluding carboxylic acids is 1. The zero-order valence-electron chi connectivity index (χ0n) is 9.13. The molecule has 0 atom stereocenters. The van der Waals surface area contributed by atoms with E-state index in [2.05, 4.69) is 0 Å². The lowest BCUT2D eigenvalue weighted by Gasteiger charge is -2.18. The summed E-state index contributed by atoms with van der Waals surface area (Å²) in [7, 11) is -3.72. The molecule has 1 amide bonds. The van der Waals surface area contributed by atoms with Gasteiger partial charge < -0.3 is 5.73 Å². The van der Waals surface area contributed by atoms with E-state index in [-0.39, 0.29) is 17.3 Å². The van der Waals surface area contributed by atoms with Crippen LogP contribution < -0.4 is 5.73 Å². The van der Waals surface area contributed by atoms with Crippen molar-refractivity contribution in [3.8, 4) is 0 Å². The largest absolute Gasteiger partial charge is 0.329 e. The Morgan fingerprint density at radius 3 is 2.50 bits per heavy atom. The van der Waals surface area contributed by atoms with Crippen LogP contribution in [0.3, 0.4) is 0 Å². The van der Waals surface area contributed by atoms with Gasteiger partial charge in [0.05, 0.1) is 0 Å². The minimum absolute atomic E-state index is 0.00855. The van der Waals surface area contributed by atoms with E-state index in [1.54, 1.807) is 6.07 Å². The number of aryl methyl sites for hydroxylation is 1. The topological polar surface area (TPSA) is 80.5 Å². The second-order valence-electron chi connectivity index (χ2n) is 3.25. The summed E-state index contributed by atoms with van der Waals surface area (Å²) in [5.41, 5.74) is 5.29. The standard InChI is InChI=1S/C9H14N2O3S2/c1-7-3-4-9(15-7)16(13,14)11(6-5-10)8(2)12/h3-4H,5-6,10H2,1-2H3. The predicted octanol–water partition coefficient (Wildman–Crippen LogP) is 0.552. The van der Waals surface area contributed by atoms with Crippen molar-refractivity contribution in [3.63, 3.8) is 0 Å². The number of rotatable bonds is 4. The van der Waals surface area contributed by atoms with E-state index >= 15 is 0 Å². The van der Waals surface area contributed by atoms with Gasteiger partial charge in [0.2, 0.25) is 5.91 Å². The lowest BCUT2D eigenvalue weighted by Crippen LogP contribution is -2.38. The zero-order chi connectivity index (χ0) is 12.3. The van der Waals surface area contributed by atoms with Gasteiger partial charge in [-0.05, 0) is 19.1 Å². The second-order valence-corrected chi connectivity index (χ2v) is 6.63. The van der Waals surface area contributed by atoms with E-state index in [1.165, 1.54) is 13.0 Å². The average Bonchev–Trinajstić information content (AvgIpc) is 2.61. The summed E-state index contributed by atoms with van der Waals surface area (Å²) in [4.78, 5) is 12.1. The number of nitrogens with zero attached hydrogens (tertiary/aromatic N) is 1. The average molecular weight is 262 g/mol. The molecule has 0 unspecified atom stereocenters. The third-order valence-electron chi connectivity index (χ3n) is 1.94. The minimum Gasteiger partial charge on any atom is -0.329 e. The van der Waals surface area contributed by atoms with Crippen LogP contribution in [-0.2, 0) is 14.8 Å². The summed E-state index contributed by atoms with van der Waals surface area (Å²) in [5, 5.41) is 0. The SMILES string of the molecule is CC(=O)N(CCN)S(=O)(=O)c1ccc(C)s1. The van der Waals surface area contributed by atoms with Gasteiger partial charge in [0.15, 0.2) is 0 Å². The molecule has 7 heteroatoms. The van der Waals surface area contributed by atoms with Gasteiger partial charge in [0.1, 0.15) is 4.21 Å². The number of thiophene rings is 1. The van der Waals surface area contributed by atoms with E-state index in [9.17, 15) is 13.2 Å². The lowest BCUT2D eigenvalue weighted by molar-refractivity contribution is -0.124. The van der Waals surface area contributed by atoms with Crippen molar-refractivity contribution in [1.29, 1.82) is 0 Å². The number of hydrogen-bond donors (Lipinski definition) is 1. The van der Waals surface area contributed by atoms with Crippen molar-refractivity contribution in [2.45, 2.75) is 18.1 Å². The van der Waals surface area contributed by atoms with Crippen LogP contribution >= 0.6 is 11.3 Å². The number of hydrogen-bond acceptors (Lipinski definition) is 5. The molecule has 16 heavy (non-hydrogen) atoms. The first kappa shape index (κ1) is 13.1. The molecular formula is C9H14N2O3S2. The zero-order valence-corrected chi connectivity index (χ0v) is 10.8. The normalized spacial score (nSPS) is 11.4. The Kier molecular flexibility index (Phi) is 4.06. The first-order valence-corrected chi connectivity index (χ1v) is 6.95. The number of amides is 1. The van der Waals surface area contributed by atoms with Gasteiger partial charge in [0.25, 0.3) is 10.0 Å². The Labute approximate surface area is 98.9 Å². The molecule has 0 fully saturated rings. The van der Waals surface area contributed by atoms with Crippen LogP contribution in [0.15, 0.2) is 16.3 Å². The molecule has 1 rings (SSSR count). The summed E-state index contributed by atoms with van der Waals surface area (Å²) in [6.07, 6.45) is 0. The third-order valence-corrected chi connectivity index (χ3v) is 5.29. The van der Waals surface area contributed by atoms with Crippen LogP contribution in [-0.4, -0.2) is 31.7 Å².